The van der Waals surface area contributed by atoms with E-state index in [9.17, 15) is 14.7 Å². The molecule has 6 heteroatoms. The minimum atomic E-state index is -0.392. The van der Waals surface area contributed by atoms with Gasteiger partial charge < -0.3 is 20.5 Å². The largest absolute Gasteiger partial charge is 0.508 e. The van der Waals surface area contributed by atoms with E-state index in [4.69, 9.17) is 4.74 Å². The van der Waals surface area contributed by atoms with Crippen LogP contribution in [0.15, 0.2) is 42.5 Å². The van der Waals surface area contributed by atoms with Crippen LogP contribution in [-0.2, 0) is 0 Å². The Morgan fingerprint density at radius 2 is 1.73 bits per heavy atom. The fourth-order valence-electron chi connectivity index (χ4n) is 3.04. The Morgan fingerprint density at radius 3 is 2.38 bits per heavy atom. The molecular formula is C20H22N2O4. The van der Waals surface area contributed by atoms with E-state index in [-0.39, 0.29) is 23.3 Å². The number of hydrogen-bond acceptors (Lipinski definition) is 4. The number of carbonyl (C=O) groups excluding carboxylic acids is 2. The predicted octanol–water partition coefficient (Wildman–Crippen LogP) is 3.33. The van der Waals surface area contributed by atoms with Crippen LogP contribution >= 0.6 is 0 Å². The number of aromatic hydroxyl groups is 1. The fraction of sp³-hybridized carbons (Fsp3) is 0.300. The smallest absolute Gasteiger partial charge is 0.255 e. The number of hydrogen-bond donors (Lipinski definition) is 3. The third kappa shape index (κ3) is 4.14. The first kappa shape index (κ1) is 17.8. The van der Waals surface area contributed by atoms with E-state index in [1.807, 2.05) is 0 Å². The van der Waals surface area contributed by atoms with Crippen LogP contribution in [0.1, 0.15) is 46.4 Å². The average molecular weight is 354 g/mol. The molecular weight excluding hydrogens is 332 g/mol. The molecule has 1 aliphatic carbocycles. The van der Waals surface area contributed by atoms with Crippen LogP contribution < -0.4 is 15.4 Å². The standard InChI is InChI=1S/C20H22N2O4/c1-21-20(25)17-12-14(23)8-11-18(17)22-19(24)13-6-9-16(10-7-13)26-15-4-2-3-5-15/h6-12,15,23H,2-5H2,1H3,(H,21,25)(H,22,24). The minimum Gasteiger partial charge on any atom is -0.508 e. The molecule has 0 atom stereocenters. The molecule has 0 radical (unpaired) electrons. The molecule has 1 fully saturated rings. The number of phenolic OH excluding ortho intramolecular Hbond substituents is 1. The number of benzene rings is 2. The molecule has 2 amide bonds. The van der Waals surface area contributed by atoms with Gasteiger partial charge in [-0.05, 0) is 68.1 Å². The van der Waals surface area contributed by atoms with Gasteiger partial charge in [0.05, 0.1) is 17.4 Å². The van der Waals surface area contributed by atoms with E-state index in [0.29, 0.717) is 11.3 Å². The Labute approximate surface area is 152 Å². The lowest BCUT2D eigenvalue weighted by Gasteiger charge is -2.14. The summed E-state index contributed by atoms with van der Waals surface area (Å²) in [6.07, 6.45) is 4.81. The van der Waals surface area contributed by atoms with Gasteiger partial charge in [-0.2, -0.15) is 0 Å². The Morgan fingerprint density at radius 1 is 1.04 bits per heavy atom. The number of anilines is 1. The van der Waals surface area contributed by atoms with Crippen molar-refractivity contribution in [3.8, 4) is 11.5 Å². The molecule has 0 unspecified atom stereocenters. The van der Waals surface area contributed by atoms with E-state index in [2.05, 4.69) is 10.6 Å². The van der Waals surface area contributed by atoms with Gasteiger partial charge in [-0.25, -0.2) is 0 Å². The Hall–Kier alpha value is -3.02. The molecule has 1 saturated carbocycles. The van der Waals surface area contributed by atoms with E-state index in [0.717, 1.165) is 18.6 Å². The summed E-state index contributed by atoms with van der Waals surface area (Å²) in [6, 6.07) is 11.2. The lowest BCUT2D eigenvalue weighted by Crippen LogP contribution is -2.21. The Kier molecular flexibility index (Phi) is 5.41. The second kappa shape index (κ2) is 7.91. The second-order valence-electron chi connectivity index (χ2n) is 6.31. The quantitative estimate of drug-likeness (QED) is 0.719. The van der Waals surface area contributed by atoms with Crippen LogP contribution in [0.2, 0.25) is 0 Å². The van der Waals surface area contributed by atoms with E-state index in [1.165, 1.54) is 38.1 Å². The predicted molar refractivity (Wildman–Crippen MR) is 98.8 cm³/mol. The van der Waals surface area contributed by atoms with Crippen LogP contribution in [0, 0.1) is 0 Å². The molecule has 3 rings (SSSR count). The topological polar surface area (TPSA) is 87.7 Å². The summed E-state index contributed by atoms with van der Waals surface area (Å²) in [7, 11) is 1.49. The fourth-order valence-corrected chi connectivity index (χ4v) is 3.04. The summed E-state index contributed by atoms with van der Waals surface area (Å²) < 4.78 is 5.89. The van der Waals surface area contributed by atoms with E-state index >= 15 is 0 Å². The number of rotatable bonds is 5. The highest BCUT2D eigenvalue weighted by Crippen LogP contribution is 2.25. The molecule has 1 aliphatic rings. The van der Waals surface area contributed by atoms with Gasteiger partial charge in [-0.15, -0.1) is 0 Å². The van der Waals surface area contributed by atoms with Gasteiger partial charge in [0.1, 0.15) is 11.5 Å². The van der Waals surface area contributed by atoms with Crippen LogP contribution in [0.5, 0.6) is 11.5 Å². The molecule has 0 spiro atoms. The van der Waals surface area contributed by atoms with Gasteiger partial charge in [0, 0.05) is 12.6 Å². The molecule has 3 N–H and O–H groups in total. The van der Waals surface area contributed by atoms with Crippen LogP contribution in [-0.4, -0.2) is 30.1 Å². The molecule has 0 saturated heterocycles. The first-order valence-electron chi connectivity index (χ1n) is 8.70. The van der Waals surface area contributed by atoms with Crippen molar-refractivity contribution in [2.45, 2.75) is 31.8 Å². The molecule has 26 heavy (non-hydrogen) atoms. The maximum absolute atomic E-state index is 12.5. The highest BCUT2D eigenvalue weighted by Gasteiger charge is 2.17. The molecule has 2 aromatic rings. The summed E-state index contributed by atoms with van der Waals surface area (Å²) >= 11 is 0. The molecule has 0 aliphatic heterocycles. The Bertz CT molecular complexity index is 796. The summed E-state index contributed by atoms with van der Waals surface area (Å²) in [5.41, 5.74) is 0.986. The first-order chi connectivity index (χ1) is 12.6. The third-order valence-electron chi connectivity index (χ3n) is 4.44. The normalized spacial score (nSPS) is 14.0. The van der Waals surface area contributed by atoms with Gasteiger partial charge >= 0.3 is 0 Å². The maximum Gasteiger partial charge on any atom is 0.255 e. The number of ether oxygens (including phenoxy) is 1. The highest BCUT2D eigenvalue weighted by atomic mass is 16.5. The van der Waals surface area contributed by atoms with Crippen LogP contribution in [0.3, 0.4) is 0 Å². The van der Waals surface area contributed by atoms with E-state index < -0.39 is 5.91 Å². The highest BCUT2D eigenvalue weighted by molar-refractivity contribution is 6.09. The lowest BCUT2D eigenvalue weighted by molar-refractivity contribution is 0.0963. The van der Waals surface area contributed by atoms with Crippen molar-refractivity contribution < 1.29 is 19.4 Å². The van der Waals surface area contributed by atoms with Gasteiger partial charge in [0.15, 0.2) is 0 Å². The zero-order valence-electron chi connectivity index (χ0n) is 14.6. The van der Waals surface area contributed by atoms with Crippen molar-refractivity contribution in [2.75, 3.05) is 12.4 Å². The summed E-state index contributed by atoms with van der Waals surface area (Å²) in [6.45, 7) is 0. The molecule has 0 heterocycles. The third-order valence-corrected chi connectivity index (χ3v) is 4.44. The first-order valence-corrected chi connectivity index (χ1v) is 8.70. The number of nitrogens with one attached hydrogen (secondary N) is 2. The summed E-state index contributed by atoms with van der Waals surface area (Å²) in [5.74, 6) is -0.0242. The van der Waals surface area contributed by atoms with Crippen molar-refractivity contribution in [1.82, 2.24) is 5.32 Å². The Balaban J connectivity index is 1.71. The molecule has 136 valence electrons. The molecule has 6 nitrogen and oxygen atoms in total. The zero-order valence-corrected chi connectivity index (χ0v) is 14.6. The van der Waals surface area contributed by atoms with Gasteiger partial charge in [0.25, 0.3) is 11.8 Å². The van der Waals surface area contributed by atoms with Gasteiger partial charge in [-0.1, -0.05) is 0 Å². The molecule has 0 aromatic heterocycles. The summed E-state index contributed by atoms with van der Waals surface area (Å²) in [4.78, 5) is 24.4. The molecule has 0 bridgehead atoms. The van der Waals surface area contributed by atoms with Crippen LogP contribution in [0.4, 0.5) is 5.69 Å². The average Bonchev–Trinajstić information content (AvgIpc) is 3.16. The molecule has 2 aromatic carbocycles. The lowest BCUT2D eigenvalue weighted by atomic mass is 10.1. The summed E-state index contributed by atoms with van der Waals surface area (Å²) in [5, 5.41) is 14.8. The van der Waals surface area contributed by atoms with Crippen molar-refractivity contribution in [3.63, 3.8) is 0 Å². The SMILES string of the molecule is CNC(=O)c1cc(O)ccc1NC(=O)c1ccc(OC2CCCC2)cc1. The van der Waals surface area contributed by atoms with Gasteiger partial charge in [0.2, 0.25) is 0 Å². The van der Waals surface area contributed by atoms with Crippen molar-refractivity contribution in [3.05, 3.63) is 53.6 Å². The number of amides is 2. The van der Waals surface area contributed by atoms with Crippen molar-refractivity contribution >= 4 is 17.5 Å². The monoisotopic (exact) mass is 354 g/mol. The van der Waals surface area contributed by atoms with Crippen LogP contribution in [0.25, 0.3) is 0 Å². The second-order valence-corrected chi connectivity index (χ2v) is 6.31. The minimum absolute atomic E-state index is 0.0463. The zero-order chi connectivity index (χ0) is 18.5. The van der Waals surface area contributed by atoms with Gasteiger partial charge in [-0.3, -0.25) is 9.59 Å². The number of phenols is 1. The van der Waals surface area contributed by atoms with E-state index in [1.54, 1.807) is 24.3 Å². The maximum atomic E-state index is 12.5. The van der Waals surface area contributed by atoms with Crippen molar-refractivity contribution in [2.24, 2.45) is 0 Å². The number of carbonyl (C=O) groups is 2. The van der Waals surface area contributed by atoms with Crippen molar-refractivity contribution in [1.29, 1.82) is 0 Å².